The molecule has 1 N–H and O–H groups in total. The molecule has 1 amide bonds. The molecule has 2 rings (SSSR count). The summed E-state index contributed by atoms with van der Waals surface area (Å²) in [5, 5.41) is 2.92. The number of carbonyl (C=O) groups is 1. The quantitative estimate of drug-likeness (QED) is 0.871. The van der Waals surface area contributed by atoms with E-state index in [4.69, 9.17) is 0 Å². The van der Waals surface area contributed by atoms with Gasteiger partial charge >= 0.3 is 0 Å². The predicted octanol–water partition coefficient (Wildman–Crippen LogP) is 2.38. The number of carbonyl (C=O) groups excluding carboxylic acids is 1. The van der Waals surface area contributed by atoms with E-state index in [0.29, 0.717) is 19.0 Å². The van der Waals surface area contributed by atoms with Crippen molar-refractivity contribution in [2.75, 3.05) is 6.54 Å². The Hall–Kier alpha value is -1.32. The molecule has 1 heterocycles. The molecule has 0 bridgehead atoms. The van der Waals surface area contributed by atoms with Gasteiger partial charge in [0.1, 0.15) is 5.82 Å². The molecule has 0 aromatic carbocycles. The predicted molar refractivity (Wildman–Crippen MR) is 71.5 cm³/mol. The second-order valence-electron chi connectivity index (χ2n) is 5.08. The van der Waals surface area contributed by atoms with Gasteiger partial charge in [0.25, 0.3) is 0 Å². The molecule has 1 aliphatic rings. The minimum Gasteiger partial charge on any atom is -0.356 e. The zero-order chi connectivity index (χ0) is 13.0. The summed E-state index contributed by atoms with van der Waals surface area (Å²) in [5.74, 6) is 1.24. The molecule has 0 unspecified atom stereocenters. The molecule has 1 aromatic rings. The van der Waals surface area contributed by atoms with E-state index in [2.05, 4.69) is 21.8 Å². The molecule has 1 saturated carbocycles. The van der Waals surface area contributed by atoms with Crippen LogP contribution in [0.25, 0.3) is 0 Å². The lowest BCUT2D eigenvalue weighted by molar-refractivity contribution is -0.120. The van der Waals surface area contributed by atoms with Crippen molar-refractivity contribution in [1.82, 2.24) is 14.9 Å². The van der Waals surface area contributed by atoms with E-state index in [9.17, 15) is 4.79 Å². The third-order valence-electron chi connectivity index (χ3n) is 3.74. The number of hydrogen-bond donors (Lipinski definition) is 1. The number of amides is 1. The number of nitrogens with zero attached hydrogens (tertiary/aromatic N) is 2. The van der Waals surface area contributed by atoms with Crippen LogP contribution in [0.3, 0.4) is 0 Å². The maximum absolute atomic E-state index is 11.2. The van der Waals surface area contributed by atoms with Crippen LogP contribution in [0.1, 0.15) is 56.6 Å². The molecule has 0 radical (unpaired) electrons. The first-order valence-corrected chi connectivity index (χ1v) is 7.01. The lowest BCUT2D eigenvalue weighted by Gasteiger charge is -2.17. The van der Waals surface area contributed by atoms with Gasteiger partial charge in [0.15, 0.2) is 0 Å². The zero-order valence-corrected chi connectivity index (χ0v) is 11.4. The highest BCUT2D eigenvalue weighted by Gasteiger charge is 2.20. The Labute approximate surface area is 109 Å². The molecule has 4 heteroatoms. The number of aryl methyl sites for hydroxylation is 1. The van der Waals surface area contributed by atoms with Gasteiger partial charge in [0.05, 0.1) is 0 Å². The molecule has 0 aliphatic heterocycles. The zero-order valence-electron chi connectivity index (χ0n) is 11.4. The van der Waals surface area contributed by atoms with Crippen LogP contribution in [0.2, 0.25) is 0 Å². The number of rotatable bonds is 5. The van der Waals surface area contributed by atoms with Gasteiger partial charge in [0, 0.05) is 37.3 Å². The fourth-order valence-electron chi connectivity index (χ4n) is 2.78. The van der Waals surface area contributed by atoms with Crippen LogP contribution in [0.5, 0.6) is 0 Å². The molecule has 1 fully saturated rings. The van der Waals surface area contributed by atoms with Crippen LogP contribution in [0, 0.1) is 6.92 Å². The number of imidazole rings is 1. The molecule has 1 aromatic heterocycles. The minimum absolute atomic E-state index is 0.116. The highest BCUT2D eigenvalue weighted by atomic mass is 16.1. The molecule has 1 aliphatic carbocycles. The van der Waals surface area contributed by atoms with Crippen molar-refractivity contribution in [3.8, 4) is 0 Å². The summed E-state index contributed by atoms with van der Waals surface area (Å²) in [6.45, 7) is 4.69. The smallest absolute Gasteiger partial charge is 0.219 e. The standard InChI is InChI=1S/C14H23N3O/c1-3-14(18)15-9-8-13-16-10-11(2)17(13)12-6-4-5-7-12/h10,12H,3-9H2,1-2H3,(H,15,18). The highest BCUT2D eigenvalue weighted by molar-refractivity contribution is 5.75. The fourth-order valence-corrected chi connectivity index (χ4v) is 2.78. The topological polar surface area (TPSA) is 46.9 Å². The maximum Gasteiger partial charge on any atom is 0.219 e. The fraction of sp³-hybridized carbons (Fsp3) is 0.714. The van der Waals surface area contributed by atoms with Crippen molar-refractivity contribution in [2.45, 2.75) is 58.4 Å². The lowest BCUT2D eigenvalue weighted by Crippen LogP contribution is -2.26. The van der Waals surface area contributed by atoms with Gasteiger partial charge in [-0.2, -0.15) is 0 Å². The van der Waals surface area contributed by atoms with Crippen molar-refractivity contribution in [3.05, 3.63) is 17.7 Å². The van der Waals surface area contributed by atoms with E-state index in [1.807, 2.05) is 13.1 Å². The summed E-state index contributed by atoms with van der Waals surface area (Å²) in [7, 11) is 0. The van der Waals surface area contributed by atoms with Crippen molar-refractivity contribution >= 4 is 5.91 Å². The molecular formula is C14H23N3O. The van der Waals surface area contributed by atoms with Crippen LogP contribution in [0.15, 0.2) is 6.20 Å². The van der Waals surface area contributed by atoms with E-state index in [-0.39, 0.29) is 5.91 Å². The third-order valence-corrected chi connectivity index (χ3v) is 3.74. The highest BCUT2D eigenvalue weighted by Crippen LogP contribution is 2.31. The largest absolute Gasteiger partial charge is 0.356 e. The third kappa shape index (κ3) is 2.92. The van der Waals surface area contributed by atoms with Crippen LogP contribution in [-0.4, -0.2) is 22.0 Å². The SMILES string of the molecule is CCC(=O)NCCc1ncc(C)n1C1CCCC1. The average molecular weight is 249 g/mol. The Morgan fingerprint density at radius 2 is 2.22 bits per heavy atom. The first-order chi connectivity index (χ1) is 8.72. The molecule has 100 valence electrons. The van der Waals surface area contributed by atoms with Crippen molar-refractivity contribution in [3.63, 3.8) is 0 Å². The molecular weight excluding hydrogens is 226 g/mol. The summed E-state index contributed by atoms with van der Waals surface area (Å²) in [5.41, 5.74) is 1.25. The summed E-state index contributed by atoms with van der Waals surface area (Å²) in [4.78, 5) is 15.7. The van der Waals surface area contributed by atoms with Crippen molar-refractivity contribution < 1.29 is 4.79 Å². The summed E-state index contributed by atoms with van der Waals surface area (Å²) in [6, 6.07) is 0.629. The molecule has 4 nitrogen and oxygen atoms in total. The van der Waals surface area contributed by atoms with Crippen LogP contribution >= 0.6 is 0 Å². The Bertz CT molecular complexity index is 405. The van der Waals surface area contributed by atoms with Crippen molar-refractivity contribution in [2.24, 2.45) is 0 Å². The average Bonchev–Trinajstić information content (AvgIpc) is 2.98. The van der Waals surface area contributed by atoms with Gasteiger partial charge in [-0.15, -0.1) is 0 Å². The normalized spacial score (nSPS) is 16.1. The molecule has 18 heavy (non-hydrogen) atoms. The first kappa shape index (κ1) is 13.1. The summed E-state index contributed by atoms with van der Waals surface area (Å²) in [6.07, 6.45) is 8.53. The monoisotopic (exact) mass is 249 g/mol. The maximum atomic E-state index is 11.2. The summed E-state index contributed by atoms with van der Waals surface area (Å²) >= 11 is 0. The second kappa shape index (κ2) is 6.03. The second-order valence-corrected chi connectivity index (χ2v) is 5.08. The minimum atomic E-state index is 0.116. The van der Waals surface area contributed by atoms with Gasteiger partial charge in [0.2, 0.25) is 5.91 Å². The number of nitrogens with one attached hydrogen (secondary N) is 1. The Morgan fingerprint density at radius 1 is 1.50 bits per heavy atom. The first-order valence-electron chi connectivity index (χ1n) is 7.01. The summed E-state index contributed by atoms with van der Waals surface area (Å²) < 4.78 is 2.38. The van der Waals surface area contributed by atoms with Crippen LogP contribution < -0.4 is 5.32 Å². The van der Waals surface area contributed by atoms with E-state index >= 15 is 0 Å². The van der Waals surface area contributed by atoms with Crippen LogP contribution in [-0.2, 0) is 11.2 Å². The van der Waals surface area contributed by atoms with Gasteiger partial charge < -0.3 is 9.88 Å². The molecule has 0 atom stereocenters. The van der Waals surface area contributed by atoms with Gasteiger partial charge in [-0.3, -0.25) is 4.79 Å². The number of aromatic nitrogens is 2. The van der Waals surface area contributed by atoms with Gasteiger partial charge in [-0.1, -0.05) is 19.8 Å². The van der Waals surface area contributed by atoms with E-state index in [0.717, 1.165) is 12.2 Å². The van der Waals surface area contributed by atoms with E-state index < -0.39 is 0 Å². The molecule has 0 saturated heterocycles. The number of hydrogen-bond acceptors (Lipinski definition) is 2. The van der Waals surface area contributed by atoms with E-state index in [1.54, 1.807) is 0 Å². The Balaban J connectivity index is 1.97. The van der Waals surface area contributed by atoms with Gasteiger partial charge in [-0.05, 0) is 19.8 Å². The molecule has 0 spiro atoms. The van der Waals surface area contributed by atoms with E-state index in [1.165, 1.54) is 31.4 Å². The lowest BCUT2D eigenvalue weighted by atomic mass is 10.2. The van der Waals surface area contributed by atoms with Crippen LogP contribution in [0.4, 0.5) is 0 Å². The van der Waals surface area contributed by atoms with Crippen molar-refractivity contribution in [1.29, 1.82) is 0 Å². The van der Waals surface area contributed by atoms with Gasteiger partial charge in [-0.25, -0.2) is 4.98 Å². The Kier molecular flexibility index (Phi) is 4.39. The Morgan fingerprint density at radius 3 is 2.89 bits per heavy atom.